The molecule has 0 bridgehead atoms. The van der Waals surface area contributed by atoms with E-state index in [-0.39, 0.29) is 10.6 Å². The number of carbonyl (C=O) groups excluding carboxylic acids is 1. The highest BCUT2D eigenvalue weighted by Crippen LogP contribution is 2.37. The average Bonchev–Trinajstić information content (AvgIpc) is 2.34. The van der Waals surface area contributed by atoms with E-state index in [9.17, 15) is 28.1 Å². The molecule has 0 saturated carbocycles. The number of ether oxygens (including phenoxy) is 1. The highest BCUT2D eigenvalue weighted by atomic mass is 32.2. The van der Waals surface area contributed by atoms with Crippen molar-refractivity contribution >= 4 is 23.4 Å². The number of nitro groups is 1. The molecule has 9 heteroatoms. The van der Waals surface area contributed by atoms with E-state index in [4.69, 9.17) is 0 Å². The van der Waals surface area contributed by atoms with Crippen molar-refractivity contribution in [1.82, 2.24) is 0 Å². The fraction of sp³-hybridized carbons (Fsp3) is 0.300. The Hall–Kier alpha value is -1.77. The van der Waals surface area contributed by atoms with Crippen LogP contribution >= 0.6 is 11.8 Å². The summed E-state index contributed by atoms with van der Waals surface area (Å²) in [6.45, 7) is 0. The van der Waals surface area contributed by atoms with Gasteiger partial charge in [-0.3, -0.25) is 14.9 Å². The van der Waals surface area contributed by atoms with E-state index in [1.807, 2.05) is 0 Å². The molecule has 0 atom stereocenters. The lowest BCUT2D eigenvalue weighted by molar-refractivity contribution is -0.388. The molecular weight excluding hydrogens is 287 g/mol. The van der Waals surface area contributed by atoms with E-state index >= 15 is 0 Å². The maximum Gasteiger partial charge on any atom is 0.422 e. The number of carbonyl (C=O) groups is 1. The van der Waals surface area contributed by atoms with Gasteiger partial charge >= 0.3 is 12.1 Å². The van der Waals surface area contributed by atoms with Crippen LogP contribution in [-0.4, -0.2) is 23.8 Å². The Morgan fingerprint density at radius 3 is 2.58 bits per heavy atom. The Kier molecular flexibility index (Phi) is 4.76. The van der Waals surface area contributed by atoms with Crippen molar-refractivity contribution in [2.24, 2.45) is 0 Å². The third kappa shape index (κ3) is 4.12. The summed E-state index contributed by atoms with van der Waals surface area (Å²) in [6.07, 6.45) is -4.80. The molecule has 1 aromatic rings. The molecule has 0 heterocycles. The number of rotatable bonds is 4. The molecule has 0 aliphatic carbocycles. The molecule has 0 unspecified atom stereocenters. The van der Waals surface area contributed by atoms with Crippen LogP contribution in [0, 0.1) is 10.1 Å². The van der Waals surface area contributed by atoms with Gasteiger partial charge in [0.05, 0.1) is 17.8 Å². The molecule has 1 rings (SSSR count). The zero-order chi connectivity index (χ0) is 14.6. The summed E-state index contributed by atoms with van der Waals surface area (Å²) in [5.74, 6) is -0.716. The summed E-state index contributed by atoms with van der Waals surface area (Å²) in [7, 11) is 1.16. The first-order valence-electron chi connectivity index (χ1n) is 4.81. The lowest BCUT2D eigenvalue weighted by Gasteiger charge is -2.08. The van der Waals surface area contributed by atoms with Crippen molar-refractivity contribution < 1.29 is 27.6 Å². The Bertz CT molecular complexity index is 504. The number of methoxy groups -OCH3 is 1. The summed E-state index contributed by atoms with van der Waals surface area (Å²) < 4.78 is 41.9. The van der Waals surface area contributed by atoms with E-state index in [0.29, 0.717) is 6.07 Å². The number of thioether (sulfide) groups is 1. The van der Waals surface area contributed by atoms with Crippen molar-refractivity contribution in [3.8, 4) is 0 Å². The fourth-order valence-electron chi connectivity index (χ4n) is 1.19. The van der Waals surface area contributed by atoms with Gasteiger partial charge in [0.1, 0.15) is 5.56 Å². The van der Waals surface area contributed by atoms with Gasteiger partial charge in [-0.15, -0.1) is 11.8 Å². The SMILES string of the molecule is COC(=O)CSc1ccc(C(F)(F)F)c([N+](=O)[O-])c1. The second kappa shape index (κ2) is 5.91. The minimum atomic E-state index is -4.80. The molecule has 0 radical (unpaired) electrons. The molecule has 0 amide bonds. The maximum absolute atomic E-state index is 12.5. The van der Waals surface area contributed by atoms with E-state index in [1.54, 1.807) is 0 Å². The molecular formula is C10H8F3NO4S. The Morgan fingerprint density at radius 1 is 1.47 bits per heavy atom. The summed E-state index contributed by atoms with van der Waals surface area (Å²) >= 11 is 0.858. The molecule has 0 spiro atoms. The average molecular weight is 295 g/mol. The van der Waals surface area contributed by atoms with Crippen LogP contribution < -0.4 is 0 Å². The predicted molar refractivity (Wildman–Crippen MR) is 60.8 cm³/mol. The molecule has 0 aliphatic rings. The van der Waals surface area contributed by atoms with Crippen LogP contribution in [0.3, 0.4) is 0 Å². The van der Waals surface area contributed by atoms with Crippen molar-refractivity contribution in [3.63, 3.8) is 0 Å². The normalized spacial score (nSPS) is 11.2. The number of benzene rings is 1. The lowest BCUT2D eigenvalue weighted by atomic mass is 10.2. The highest BCUT2D eigenvalue weighted by molar-refractivity contribution is 8.00. The number of nitrogens with zero attached hydrogens (tertiary/aromatic N) is 1. The third-order valence-corrected chi connectivity index (χ3v) is 3.02. The zero-order valence-corrected chi connectivity index (χ0v) is 10.4. The van der Waals surface area contributed by atoms with E-state index < -0.39 is 28.3 Å². The summed E-state index contributed by atoms with van der Waals surface area (Å²) in [6, 6.07) is 2.48. The van der Waals surface area contributed by atoms with Crippen molar-refractivity contribution in [3.05, 3.63) is 33.9 Å². The highest BCUT2D eigenvalue weighted by Gasteiger charge is 2.38. The minimum Gasteiger partial charge on any atom is -0.468 e. The van der Waals surface area contributed by atoms with Crippen LogP contribution in [0.2, 0.25) is 0 Å². The first-order chi connectivity index (χ1) is 8.75. The first-order valence-corrected chi connectivity index (χ1v) is 5.79. The largest absolute Gasteiger partial charge is 0.468 e. The zero-order valence-electron chi connectivity index (χ0n) is 9.56. The van der Waals surface area contributed by atoms with E-state index in [2.05, 4.69) is 4.74 Å². The van der Waals surface area contributed by atoms with Crippen LogP contribution in [0.1, 0.15) is 5.56 Å². The third-order valence-electron chi connectivity index (χ3n) is 2.06. The Labute approximate surface area is 109 Å². The molecule has 0 N–H and O–H groups in total. The molecule has 0 aromatic heterocycles. The smallest absolute Gasteiger partial charge is 0.422 e. The Balaban J connectivity index is 3.03. The van der Waals surface area contributed by atoms with Gasteiger partial charge in [-0.1, -0.05) is 0 Å². The van der Waals surface area contributed by atoms with Gasteiger partial charge in [-0.25, -0.2) is 0 Å². The number of halogens is 3. The number of hydrogen-bond donors (Lipinski definition) is 0. The van der Waals surface area contributed by atoms with E-state index in [1.165, 1.54) is 0 Å². The number of alkyl halides is 3. The standard InChI is InChI=1S/C10H8F3NO4S/c1-18-9(15)5-19-6-2-3-7(10(11,12)13)8(4-6)14(16)17/h2-4H,5H2,1H3. The molecule has 0 fully saturated rings. The quantitative estimate of drug-likeness (QED) is 0.370. The fourth-order valence-corrected chi connectivity index (χ4v) is 1.95. The minimum absolute atomic E-state index is 0.140. The monoisotopic (exact) mass is 295 g/mol. The van der Waals surface area contributed by atoms with Gasteiger partial charge in [-0.2, -0.15) is 13.2 Å². The van der Waals surface area contributed by atoms with Gasteiger partial charge < -0.3 is 4.74 Å². The predicted octanol–water partition coefficient (Wildman–Crippen LogP) is 2.88. The molecule has 19 heavy (non-hydrogen) atoms. The van der Waals surface area contributed by atoms with Crippen molar-refractivity contribution in [2.75, 3.05) is 12.9 Å². The molecule has 1 aromatic carbocycles. The topological polar surface area (TPSA) is 69.4 Å². The molecule has 0 saturated heterocycles. The van der Waals surface area contributed by atoms with Crippen LogP contribution in [0.5, 0.6) is 0 Å². The number of nitro benzene ring substituents is 1. The van der Waals surface area contributed by atoms with Gasteiger partial charge in [0, 0.05) is 11.0 Å². The molecule has 0 aliphatic heterocycles. The first kappa shape index (κ1) is 15.3. The molecule has 5 nitrogen and oxygen atoms in total. The van der Waals surface area contributed by atoms with Crippen LogP contribution in [0.15, 0.2) is 23.1 Å². The van der Waals surface area contributed by atoms with Crippen molar-refractivity contribution in [2.45, 2.75) is 11.1 Å². The Morgan fingerprint density at radius 2 is 2.11 bits per heavy atom. The van der Waals surface area contributed by atoms with Gasteiger partial charge in [0.15, 0.2) is 0 Å². The lowest BCUT2D eigenvalue weighted by Crippen LogP contribution is -2.09. The summed E-state index contributed by atoms with van der Waals surface area (Å²) in [5.41, 5.74) is -2.36. The van der Waals surface area contributed by atoms with Crippen LogP contribution in [-0.2, 0) is 15.7 Å². The number of hydrogen-bond acceptors (Lipinski definition) is 5. The van der Waals surface area contributed by atoms with Crippen LogP contribution in [0.25, 0.3) is 0 Å². The number of esters is 1. The van der Waals surface area contributed by atoms with Gasteiger partial charge in [0.2, 0.25) is 0 Å². The second-order valence-electron chi connectivity index (χ2n) is 3.30. The maximum atomic E-state index is 12.5. The molecule has 104 valence electrons. The van der Waals surface area contributed by atoms with Gasteiger partial charge in [-0.05, 0) is 12.1 Å². The summed E-state index contributed by atoms with van der Waals surface area (Å²) in [5, 5.41) is 10.6. The van der Waals surface area contributed by atoms with Crippen LogP contribution in [0.4, 0.5) is 18.9 Å². The second-order valence-corrected chi connectivity index (χ2v) is 4.35. The van der Waals surface area contributed by atoms with E-state index in [0.717, 1.165) is 31.0 Å². The summed E-state index contributed by atoms with van der Waals surface area (Å²) in [4.78, 5) is 20.6. The van der Waals surface area contributed by atoms with Crippen molar-refractivity contribution in [1.29, 1.82) is 0 Å². The van der Waals surface area contributed by atoms with Gasteiger partial charge in [0.25, 0.3) is 5.69 Å².